The largest absolute Gasteiger partial charge is 0.465 e. The van der Waals surface area contributed by atoms with Crippen LogP contribution in [0.4, 0.5) is 5.69 Å². The molecule has 0 aromatic heterocycles. The fourth-order valence-corrected chi connectivity index (χ4v) is 3.56. The van der Waals surface area contributed by atoms with Crippen molar-refractivity contribution in [3.8, 4) is 0 Å². The first-order valence-electron chi connectivity index (χ1n) is 9.27. The minimum atomic E-state index is -0.360. The van der Waals surface area contributed by atoms with E-state index < -0.39 is 0 Å². The highest BCUT2D eigenvalue weighted by Gasteiger charge is 2.47. The molecule has 2 amide bonds. The molecule has 2 heterocycles. The molecule has 0 N–H and O–H groups in total. The van der Waals surface area contributed by atoms with E-state index in [4.69, 9.17) is 9.47 Å². The van der Waals surface area contributed by atoms with E-state index in [1.165, 1.54) is 12.2 Å². The second kappa shape index (κ2) is 7.64. The van der Waals surface area contributed by atoms with Crippen LogP contribution in [0.1, 0.15) is 39.2 Å². The highest BCUT2D eigenvalue weighted by Crippen LogP contribution is 2.44. The lowest BCUT2D eigenvalue weighted by molar-refractivity contribution is -0.229. The molecule has 0 saturated carbocycles. The minimum Gasteiger partial charge on any atom is -0.465 e. The topological polar surface area (TPSA) is 72.9 Å². The lowest BCUT2D eigenvalue weighted by atomic mass is 9.71. The van der Waals surface area contributed by atoms with Crippen molar-refractivity contribution in [2.45, 2.75) is 52.2 Å². The van der Waals surface area contributed by atoms with Gasteiger partial charge in [0.05, 0.1) is 30.9 Å². The van der Waals surface area contributed by atoms with Gasteiger partial charge in [0, 0.05) is 17.6 Å². The minimum absolute atomic E-state index is 0.154. The number of esters is 1. The summed E-state index contributed by atoms with van der Waals surface area (Å²) in [6.07, 6.45) is 4.90. The first-order chi connectivity index (χ1) is 12.8. The zero-order chi connectivity index (χ0) is 19.6. The average Bonchev–Trinajstić information content (AvgIpc) is 2.98. The number of hydrogen-bond donors (Lipinski definition) is 0. The maximum atomic E-state index is 12.0. The van der Waals surface area contributed by atoms with Gasteiger partial charge in [0.15, 0.2) is 0 Å². The third-order valence-electron chi connectivity index (χ3n) is 5.74. The van der Waals surface area contributed by atoms with Crippen molar-refractivity contribution in [1.29, 1.82) is 0 Å². The molecule has 0 radical (unpaired) electrons. The smallest absolute Gasteiger partial charge is 0.310 e. The van der Waals surface area contributed by atoms with Crippen LogP contribution in [0.25, 0.3) is 0 Å². The predicted octanol–water partition coefficient (Wildman–Crippen LogP) is 2.80. The Bertz CT molecular complexity index is 741. The fraction of sp³-hybridized carbons (Fsp3) is 0.476. The van der Waals surface area contributed by atoms with Crippen molar-refractivity contribution in [1.82, 2.24) is 0 Å². The molecule has 2 aliphatic rings. The molecule has 6 nitrogen and oxygen atoms in total. The van der Waals surface area contributed by atoms with Crippen molar-refractivity contribution < 1.29 is 23.9 Å². The number of carbonyl (C=O) groups is 3. The molecule has 3 rings (SSSR count). The molecule has 1 aromatic rings. The van der Waals surface area contributed by atoms with Crippen LogP contribution in [-0.4, -0.2) is 36.6 Å². The van der Waals surface area contributed by atoms with Crippen molar-refractivity contribution in [3.63, 3.8) is 0 Å². The summed E-state index contributed by atoms with van der Waals surface area (Å²) in [6, 6.07) is 6.77. The normalized spacial score (nSPS) is 27.0. The number of carbonyl (C=O) groups excluding carboxylic acids is 3. The molecule has 27 heavy (non-hydrogen) atoms. The van der Waals surface area contributed by atoms with Gasteiger partial charge in [-0.25, -0.2) is 4.90 Å². The summed E-state index contributed by atoms with van der Waals surface area (Å²) in [7, 11) is 0. The summed E-state index contributed by atoms with van der Waals surface area (Å²) in [4.78, 5) is 36.4. The van der Waals surface area contributed by atoms with Crippen LogP contribution in [0.2, 0.25) is 0 Å². The van der Waals surface area contributed by atoms with Crippen molar-refractivity contribution in [2.75, 3.05) is 11.5 Å². The monoisotopic (exact) mass is 371 g/mol. The van der Waals surface area contributed by atoms with Crippen LogP contribution in [0, 0.1) is 5.41 Å². The Kier molecular flexibility index (Phi) is 5.46. The molecule has 1 saturated heterocycles. The van der Waals surface area contributed by atoms with E-state index in [9.17, 15) is 14.4 Å². The zero-order valence-corrected chi connectivity index (χ0v) is 15.9. The van der Waals surface area contributed by atoms with Gasteiger partial charge in [-0.2, -0.15) is 0 Å². The van der Waals surface area contributed by atoms with Gasteiger partial charge in [-0.15, -0.1) is 0 Å². The Morgan fingerprint density at radius 2 is 1.70 bits per heavy atom. The van der Waals surface area contributed by atoms with E-state index in [0.717, 1.165) is 23.3 Å². The first-order valence-corrected chi connectivity index (χ1v) is 9.27. The third-order valence-corrected chi connectivity index (χ3v) is 5.74. The number of hydrogen-bond acceptors (Lipinski definition) is 5. The number of amides is 2. The number of benzene rings is 1. The van der Waals surface area contributed by atoms with Crippen LogP contribution in [0.15, 0.2) is 36.4 Å². The lowest BCUT2D eigenvalue weighted by Crippen LogP contribution is -2.54. The second-order valence-electron chi connectivity index (χ2n) is 7.44. The van der Waals surface area contributed by atoms with E-state index in [1.54, 1.807) is 24.3 Å². The molecular weight excluding hydrogens is 346 g/mol. The summed E-state index contributed by atoms with van der Waals surface area (Å²) < 4.78 is 11.0. The van der Waals surface area contributed by atoms with Crippen LogP contribution in [0.3, 0.4) is 0 Å². The summed E-state index contributed by atoms with van der Waals surface area (Å²) in [5, 5.41) is 0. The number of rotatable bonds is 7. The van der Waals surface area contributed by atoms with E-state index in [0.29, 0.717) is 12.3 Å². The summed E-state index contributed by atoms with van der Waals surface area (Å²) in [6.45, 7) is 6.76. The van der Waals surface area contributed by atoms with Gasteiger partial charge in [0.25, 0.3) is 11.8 Å². The molecule has 1 aromatic carbocycles. The van der Waals surface area contributed by atoms with Gasteiger partial charge < -0.3 is 9.47 Å². The Balaban J connectivity index is 1.43. The fourth-order valence-electron chi connectivity index (χ4n) is 3.56. The van der Waals surface area contributed by atoms with Crippen LogP contribution in [-0.2, 0) is 30.3 Å². The second-order valence-corrected chi connectivity index (χ2v) is 7.44. The number of anilines is 1. The molecule has 6 heteroatoms. The van der Waals surface area contributed by atoms with Crippen LogP contribution in [0.5, 0.6) is 0 Å². The highest BCUT2D eigenvalue weighted by atomic mass is 16.5. The van der Waals surface area contributed by atoms with Gasteiger partial charge in [-0.1, -0.05) is 19.1 Å². The molecule has 2 unspecified atom stereocenters. The van der Waals surface area contributed by atoms with Gasteiger partial charge in [-0.3, -0.25) is 14.4 Å². The SMILES string of the molecule is CC1OC(C)C1(C)CCCOC(=O)Cc1ccc(N2C(=O)C=CC2=O)cc1. The predicted molar refractivity (Wildman–Crippen MR) is 100 cm³/mol. The van der Waals surface area contributed by atoms with Gasteiger partial charge >= 0.3 is 5.97 Å². The average molecular weight is 371 g/mol. The van der Waals surface area contributed by atoms with Crippen molar-refractivity contribution in [2.24, 2.45) is 5.41 Å². The highest BCUT2D eigenvalue weighted by molar-refractivity contribution is 6.28. The van der Waals surface area contributed by atoms with E-state index in [-0.39, 0.29) is 41.8 Å². The summed E-state index contributed by atoms with van der Waals surface area (Å²) >= 11 is 0. The summed E-state index contributed by atoms with van der Waals surface area (Å²) in [5.74, 6) is -1.00. The van der Waals surface area contributed by atoms with E-state index >= 15 is 0 Å². The van der Waals surface area contributed by atoms with Gasteiger partial charge in [0.2, 0.25) is 0 Å². The molecule has 0 aliphatic carbocycles. The zero-order valence-electron chi connectivity index (χ0n) is 15.9. The maximum Gasteiger partial charge on any atom is 0.310 e. The van der Waals surface area contributed by atoms with Gasteiger partial charge in [0.1, 0.15) is 0 Å². The number of imide groups is 1. The van der Waals surface area contributed by atoms with Gasteiger partial charge in [-0.05, 0) is 44.4 Å². The molecule has 2 aliphatic heterocycles. The first kappa shape index (κ1) is 19.3. The molecule has 2 atom stereocenters. The Morgan fingerprint density at radius 3 is 2.26 bits per heavy atom. The quantitative estimate of drug-likeness (QED) is 0.419. The van der Waals surface area contributed by atoms with Crippen molar-refractivity contribution >= 4 is 23.5 Å². The molecule has 0 bridgehead atoms. The van der Waals surface area contributed by atoms with Crippen LogP contribution >= 0.6 is 0 Å². The van der Waals surface area contributed by atoms with Crippen LogP contribution < -0.4 is 4.90 Å². The standard InChI is InChI=1S/C21H25NO5/c1-14-21(3,15(2)27-14)11-4-12-26-20(25)13-16-5-7-17(8-6-16)22-18(23)9-10-19(22)24/h5-10,14-15H,4,11-13H2,1-3H3. The Hall–Kier alpha value is -2.47. The molecule has 144 valence electrons. The van der Waals surface area contributed by atoms with E-state index in [2.05, 4.69) is 20.8 Å². The number of nitrogens with zero attached hydrogens (tertiary/aromatic N) is 1. The molecule has 1 fully saturated rings. The Morgan fingerprint density at radius 1 is 1.11 bits per heavy atom. The van der Waals surface area contributed by atoms with Crippen molar-refractivity contribution in [3.05, 3.63) is 42.0 Å². The number of ether oxygens (including phenoxy) is 2. The lowest BCUT2D eigenvalue weighted by Gasteiger charge is -2.51. The Labute approximate surface area is 159 Å². The molecule has 0 spiro atoms. The molecular formula is C21H25NO5. The maximum absolute atomic E-state index is 12.0. The third kappa shape index (κ3) is 3.95. The van der Waals surface area contributed by atoms with E-state index in [1.807, 2.05) is 0 Å². The summed E-state index contributed by atoms with van der Waals surface area (Å²) in [5.41, 5.74) is 1.42.